The van der Waals surface area contributed by atoms with Gasteiger partial charge in [0.2, 0.25) is 0 Å². The predicted molar refractivity (Wildman–Crippen MR) is 87.2 cm³/mol. The Kier molecular flexibility index (Phi) is 6.25. The minimum absolute atomic E-state index is 0.0530. The molecule has 136 valence electrons. The molecule has 0 aliphatic rings. The molecule has 1 N–H and O–H groups in total. The molecule has 0 saturated heterocycles. The summed E-state index contributed by atoms with van der Waals surface area (Å²) in [5.74, 6) is -0.153. The van der Waals surface area contributed by atoms with Gasteiger partial charge in [-0.2, -0.15) is 13.2 Å². The summed E-state index contributed by atoms with van der Waals surface area (Å²) >= 11 is 0. The Labute approximate surface area is 144 Å². The van der Waals surface area contributed by atoms with Crippen molar-refractivity contribution >= 4 is 5.91 Å². The first-order chi connectivity index (χ1) is 11.8. The van der Waals surface area contributed by atoms with Crippen molar-refractivity contribution in [1.82, 2.24) is 5.32 Å². The Balaban J connectivity index is 1.97. The number of carbonyl (C=O) groups excluding carboxylic acids is 1. The highest BCUT2D eigenvalue weighted by atomic mass is 19.4. The van der Waals surface area contributed by atoms with Crippen molar-refractivity contribution in [3.05, 3.63) is 47.7 Å². The fourth-order valence-corrected chi connectivity index (χ4v) is 2.14. The second kappa shape index (κ2) is 8.20. The number of hydrogen-bond donors (Lipinski definition) is 1. The van der Waals surface area contributed by atoms with Crippen LogP contribution in [0.4, 0.5) is 13.2 Å². The van der Waals surface area contributed by atoms with Gasteiger partial charge in [-0.25, -0.2) is 0 Å². The Hall–Kier alpha value is -2.28. The summed E-state index contributed by atoms with van der Waals surface area (Å²) in [5, 5.41) is 2.68. The SMILES string of the molecule is CC(C)OCCCNC(=O)c1ccc(-c2cccc(C(F)(F)F)c2)o1. The van der Waals surface area contributed by atoms with E-state index in [1.165, 1.54) is 24.3 Å². The highest BCUT2D eigenvalue weighted by molar-refractivity contribution is 5.92. The zero-order valence-corrected chi connectivity index (χ0v) is 14.0. The van der Waals surface area contributed by atoms with Gasteiger partial charge >= 0.3 is 6.18 Å². The topological polar surface area (TPSA) is 51.5 Å². The van der Waals surface area contributed by atoms with Crippen LogP contribution >= 0.6 is 0 Å². The summed E-state index contributed by atoms with van der Waals surface area (Å²) in [7, 11) is 0. The van der Waals surface area contributed by atoms with Crippen molar-refractivity contribution in [2.45, 2.75) is 32.5 Å². The van der Waals surface area contributed by atoms with Crippen LogP contribution < -0.4 is 5.32 Å². The van der Waals surface area contributed by atoms with E-state index in [0.717, 1.165) is 12.1 Å². The van der Waals surface area contributed by atoms with E-state index >= 15 is 0 Å². The molecule has 0 unspecified atom stereocenters. The third-order valence-corrected chi connectivity index (χ3v) is 3.36. The van der Waals surface area contributed by atoms with E-state index in [1.807, 2.05) is 13.8 Å². The molecule has 0 aliphatic carbocycles. The molecule has 1 amide bonds. The minimum Gasteiger partial charge on any atom is -0.451 e. The molecule has 0 aliphatic heterocycles. The maximum atomic E-state index is 12.8. The van der Waals surface area contributed by atoms with Crippen molar-refractivity contribution in [3.63, 3.8) is 0 Å². The van der Waals surface area contributed by atoms with Crippen LogP contribution in [0, 0.1) is 0 Å². The minimum atomic E-state index is -4.43. The normalized spacial score (nSPS) is 11.8. The van der Waals surface area contributed by atoms with Gasteiger partial charge in [0, 0.05) is 18.7 Å². The Morgan fingerprint density at radius 3 is 2.68 bits per heavy atom. The van der Waals surface area contributed by atoms with Crippen LogP contribution in [0.25, 0.3) is 11.3 Å². The van der Waals surface area contributed by atoms with Gasteiger partial charge in [0.15, 0.2) is 5.76 Å². The predicted octanol–water partition coefficient (Wildman–Crippen LogP) is 4.51. The number of halogens is 3. The lowest BCUT2D eigenvalue weighted by molar-refractivity contribution is -0.137. The Bertz CT molecular complexity index is 708. The van der Waals surface area contributed by atoms with Crippen LogP contribution in [0.15, 0.2) is 40.8 Å². The summed E-state index contributed by atoms with van der Waals surface area (Å²) in [6, 6.07) is 7.69. The molecular formula is C18H20F3NO3. The van der Waals surface area contributed by atoms with Crippen molar-refractivity contribution in [3.8, 4) is 11.3 Å². The lowest BCUT2D eigenvalue weighted by atomic mass is 10.1. The molecule has 2 rings (SSSR count). The molecule has 0 spiro atoms. The third-order valence-electron chi connectivity index (χ3n) is 3.36. The van der Waals surface area contributed by atoms with Gasteiger partial charge < -0.3 is 14.5 Å². The average Bonchev–Trinajstić information content (AvgIpc) is 3.03. The first-order valence-corrected chi connectivity index (χ1v) is 7.94. The fraction of sp³-hybridized carbons (Fsp3) is 0.389. The molecule has 7 heteroatoms. The smallest absolute Gasteiger partial charge is 0.416 e. The summed E-state index contributed by atoms with van der Waals surface area (Å²) < 4.78 is 49.0. The van der Waals surface area contributed by atoms with Crippen LogP contribution in [0.5, 0.6) is 0 Å². The monoisotopic (exact) mass is 355 g/mol. The van der Waals surface area contributed by atoms with E-state index in [-0.39, 0.29) is 23.2 Å². The number of alkyl halides is 3. The molecule has 1 aromatic heterocycles. The first-order valence-electron chi connectivity index (χ1n) is 7.94. The molecule has 0 radical (unpaired) electrons. The van der Waals surface area contributed by atoms with E-state index in [4.69, 9.17) is 9.15 Å². The van der Waals surface area contributed by atoms with Crippen LogP contribution in [0.3, 0.4) is 0 Å². The lowest BCUT2D eigenvalue weighted by Crippen LogP contribution is -2.25. The number of carbonyl (C=O) groups is 1. The van der Waals surface area contributed by atoms with Crippen molar-refractivity contribution in [2.24, 2.45) is 0 Å². The van der Waals surface area contributed by atoms with Gasteiger partial charge in [-0.3, -0.25) is 4.79 Å². The standard InChI is InChI=1S/C18H20F3NO3/c1-12(2)24-10-4-9-22-17(23)16-8-7-15(25-16)13-5-3-6-14(11-13)18(19,20)21/h3,5-8,11-12H,4,9-10H2,1-2H3,(H,22,23). The number of ether oxygens (including phenoxy) is 1. The molecule has 0 saturated carbocycles. The van der Waals surface area contributed by atoms with Crippen LogP contribution in [-0.4, -0.2) is 25.2 Å². The van der Waals surface area contributed by atoms with Crippen molar-refractivity contribution in [2.75, 3.05) is 13.2 Å². The van der Waals surface area contributed by atoms with Gasteiger partial charge in [0.05, 0.1) is 11.7 Å². The average molecular weight is 355 g/mol. The van der Waals surface area contributed by atoms with Gasteiger partial charge in [0.1, 0.15) is 5.76 Å². The van der Waals surface area contributed by atoms with E-state index in [2.05, 4.69) is 5.32 Å². The van der Waals surface area contributed by atoms with Crippen LogP contribution in [-0.2, 0) is 10.9 Å². The molecule has 4 nitrogen and oxygen atoms in total. The van der Waals surface area contributed by atoms with Gasteiger partial charge in [-0.05, 0) is 44.5 Å². The number of benzene rings is 1. The number of nitrogens with one attached hydrogen (secondary N) is 1. The molecule has 0 fully saturated rings. The Morgan fingerprint density at radius 1 is 1.24 bits per heavy atom. The highest BCUT2D eigenvalue weighted by Gasteiger charge is 2.30. The largest absolute Gasteiger partial charge is 0.451 e. The lowest BCUT2D eigenvalue weighted by Gasteiger charge is -2.08. The quantitative estimate of drug-likeness (QED) is 0.744. The Morgan fingerprint density at radius 2 is 2.00 bits per heavy atom. The second-order valence-corrected chi connectivity index (χ2v) is 5.77. The van der Waals surface area contributed by atoms with Crippen LogP contribution in [0.1, 0.15) is 36.4 Å². The summed E-state index contributed by atoms with van der Waals surface area (Å²) in [5.41, 5.74) is -0.503. The number of amides is 1. The summed E-state index contributed by atoms with van der Waals surface area (Å²) in [6.45, 7) is 4.81. The number of hydrogen-bond acceptors (Lipinski definition) is 3. The second-order valence-electron chi connectivity index (χ2n) is 5.77. The fourth-order valence-electron chi connectivity index (χ4n) is 2.14. The molecule has 1 aromatic carbocycles. The maximum Gasteiger partial charge on any atom is 0.416 e. The third kappa shape index (κ3) is 5.63. The van der Waals surface area contributed by atoms with E-state index in [9.17, 15) is 18.0 Å². The molecule has 0 atom stereocenters. The molecule has 1 heterocycles. The molecule has 2 aromatic rings. The van der Waals surface area contributed by atoms with E-state index in [0.29, 0.717) is 19.6 Å². The van der Waals surface area contributed by atoms with Crippen LogP contribution in [0.2, 0.25) is 0 Å². The molecule has 0 bridgehead atoms. The van der Waals surface area contributed by atoms with E-state index < -0.39 is 17.6 Å². The summed E-state index contributed by atoms with van der Waals surface area (Å²) in [6.07, 6.45) is -3.64. The zero-order valence-electron chi connectivity index (χ0n) is 14.0. The van der Waals surface area contributed by atoms with E-state index in [1.54, 1.807) is 0 Å². The van der Waals surface area contributed by atoms with Gasteiger partial charge in [-0.1, -0.05) is 12.1 Å². The molecule has 25 heavy (non-hydrogen) atoms. The molecular weight excluding hydrogens is 335 g/mol. The van der Waals surface area contributed by atoms with Gasteiger partial charge in [0.25, 0.3) is 5.91 Å². The number of furan rings is 1. The highest BCUT2D eigenvalue weighted by Crippen LogP contribution is 2.32. The zero-order chi connectivity index (χ0) is 18.4. The first kappa shape index (κ1) is 19.1. The maximum absolute atomic E-state index is 12.8. The van der Waals surface area contributed by atoms with Gasteiger partial charge in [-0.15, -0.1) is 0 Å². The number of rotatable bonds is 7. The van der Waals surface area contributed by atoms with Crippen molar-refractivity contribution in [1.29, 1.82) is 0 Å². The summed E-state index contributed by atoms with van der Waals surface area (Å²) in [4.78, 5) is 12.0. The van der Waals surface area contributed by atoms with Crippen molar-refractivity contribution < 1.29 is 27.1 Å².